The second-order valence-electron chi connectivity index (χ2n) is 8.65. The van der Waals surface area contributed by atoms with Gasteiger partial charge in [-0.1, -0.05) is 0 Å². The van der Waals surface area contributed by atoms with Gasteiger partial charge < -0.3 is 14.6 Å². The van der Waals surface area contributed by atoms with E-state index in [4.69, 9.17) is 4.42 Å². The molecule has 2 N–H and O–H groups in total. The van der Waals surface area contributed by atoms with Crippen molar-refractivity contribution < 1.29 is 18.8 Å². The van der Waals surface area contributed by atoms with E-state index in [1.807, 2.05) is 6.07 Å². The SMILES string of the molecule is Cc1cc(C2CCCNC2)oc(=O)c1C(=O)N1CCC2(CC1)CC(=O)NC(=O)C2. The zero-order valence-electron chi connectivity index (χ0n) is 16.7. The Morgan fingerprint density at radius 2 is 1.86 bits per heavy atom. The summed E-state index contributed by atoms with van der Waals surface area (Å²) in [7, 11) is 0. The lowest BCUT2D eigenvalue weighted by molar-refractivity contribution is -0.139. The molecule has 3 saturated heterocycles. The third kappa shape index (κ3) is 3.99. The number of nitrogens with zero attached hydrogens (tertiary/aromatic N) is 1. The van der Waals surface area contributed by atoms with Crippen LogP contribution in [-0.4, -0.2) is 48.8 Å². The van der Waals surface area contributed by atoms with Crippen LogP contribution in [-0.2, 0) is 9.59 Å². The van der Waals surface area contributed by atoms with Gasteiger partial charge in [-0.15, -0.1) is 0 Å². The van der Waals surface area contributed by atoms with E-state index in [1.54, 1.807) is 11.8 Å². The van der Waals surface area contributed by atoms with E-state index in [0.29, 0.717) is 50.1 Å². The molecule has 4 rings (SSSR count). The number of piperidine rings is 3. The molecule has 1 aromatic heterocycles. The summed E-state index contributed by atoms with van der Waals surface area (Å²) in [6.07, 6.45) is 3.77. The van der Waals surface area contributed by atoms with Crippen LogP contribution < -0.4 is 16.3 Å². The number of aryl methyl sites for hydroxylation is 1. The molecule has 0 aromatic carbocycles. The lowest BCUT2D eigenvalue weighted by Gasteiger charge is -2.43. The molecule has 0 saturated carbocycles. The number of hydrogen-bond donors (Lipinski definition) is 2. The van der Waals surface area contributed by atoms with Crippen molar-refractivity contribution in [2.24, 2.45) is 5.41 Å². The van der Waals surface area contributed by atoms with Crippen molar-refractivity contribution in [3.8, 4) is 0 Å². The van der Waals surface area contributed by atoms with Crippen molar-refractivity contribution in [2.75, 3.05) is 26.2 Å². The molecule has 0 radical (unpaired) electrons. The van der Waals surface area contributed by atoms with E-state index < -0.39 is 5.63 Å². The number of carbonyl (C=O) groups is 3. The van der Waals surface area contributed by atoms with Crippen molar-refractivity contribution in [2.45, 2.75) is 51.4 Å². The Hall–Kier alpha value is -2.48. The topological polar surface area (TPSA) is 109 Å². The van der Waals surface area contributed by atoms with Crippen LogP contribution in [0.2, 0.25) is 0 Å². The van der Waals surface area contributed by atoms with Crippen LogP contribution in [0.4, 0.5) is 0 Å². The number of carbonyl (C=O) groups excluding carboxylic acids is 3. The van der Waals surface area contributed by atoms with Gasteiger partial charge in [-0.3, -0.25) is 19.7 Å². The van der Waals surface area contributed by atoms with Crippen LogP contribution in [0.5, 0.6) is 0 Å². The molecule has 29 heavy (non-hydrogen) atoms. The summed E-state index contributed by atoms with van der Waals surface area (Å²) in [5, 5.41) is 5.65. The van der Waals surface area contributed by atoms with E-state index in [0.717, 1.165) is 25.9 Å². The number of imide groups is 1. The Kier molecular flexibility index (Phi) is 5.29. The minimum Gasteiger partial charge on any atom is -0.427 e. The maximum Gasteiger partial charge on any atom is 0.349 e. The van der Waals surface area contributed by atoms with Gasteiger partial charge in [-0.25, -0.2) is 4.79 Å². The van der Waals surface area contributed by atoms with Gasteiger partial charge in [0.15, 0.2) is 0 Å². The number of hydrogen-bond acceptors (Lipinski definition) is 6. The minimum atomic E-state index is -0.580. The number of rotatable bonds is 2. The zero-order chi connectivity index (χ0) is 20.6. The summed E-state index contributed by atoms with van der Waals surface area (Å²) in [6.45, 7) is 4.37. The van der Waals surface area contributed by atoms with Gasteiger partial charge in [0.05, 0.1) is 0 Å². The number of likely N-dealkylation sites (tertiary alicyclic amines) is 1. The second kappa shape index (κ2) is 7.74. The summed E-state index contributed by atoms with van der Waals surface area (Å²) in [4.78, 5) is 50.8. The quantitative estimate of drug-likeness (QED) is 0.718. The van der Waals surface area contributed by atoms with Crippen LogP contribution in [0.15, 0.2) is 15.3 Å². The summed E-state index contributed by atoms with van der Waals surface area (Å²) < 4.78 is 5.54. The van der Waals surface area contributed by atoms with E-state index in [9.17, 15) is 19.2 Å². The van der Waals surface area contributed by atoms with Crippen molar-refractivity contribution in [1.82, 2.24) is 15.5 Å². The van der Waals surface area contributed by atoms with Crippen LogP contribution in [0.25, 0.3) is 0 Å². The molecule has 1 aromatic rings. The minimum absolute atomic E-state index is 0.0888. The Morgan fingerprint density at radius 1 is 1.17 bits per heavy atom. The first-order valence-electron chi connectivity index (χ1n) is 10.3. The van der Waals surface area contributed by atoms with Crippen molar-refractivity contribution in [1.29, 1.82) is 0 Å². The summed E-state index contributed by atoms with van der Waals surface area (Å²) in [6, 6.07) is 1.82. The Balaban J connectivity index is 1.48. The molecular formula is C21H27N3O5. The highest BCUT2D eigenvalue weighted by atomic mass is 16.4. The molecule has 1 atom stereocenters. The third-order valence-corrected chi connectivity index (χ3v) is 6.54. The van der Waals surface area contributed by atoms with E-state index in [1.165, 1.54) is 0 Å². The average Bonchev–Trinajstić information content (AvgIpc) is 2.67. The highest BCUT2D eigenvalue weighted by molar-refractivity contribution is 5.98. The second-order valence-corrected chi connectivity index (χ2v) is 8.65. The fourth-order valence-electron chi connectivity index (χ4n) is 4.87. The van der Waals surface area contributed by atoms with Crippen molar-refractivity contribution >= 4 is 17.7 Å². The number of nitrogens with one attached hydrogen (secondary N) is 2. The first kappa shape index (κ1) is 19.8. The molecule has 156 valence electrons. The van der Waals surface area contributed by atoms with Crippen molar-refractivity contribution in [3.63, 3.8) is 0 Å². The zero-order valence-corrected chi connectivity index (χ0v) is 16.7. The predicted octanol–water partition coefficient (Wildman–Crippen LogP) is 1.07. The summed E-state index contributed by atoms with van der Waals surface area (Å²) in [5.41, 5.74) is -0.221. The largest absolute Gasteiger partial charge is 0.427 e. The van der Waals surface area contributed by atoms with Gasteiger partial charge in [0.25, 0.3) is 5.91 Å². The van der Waals surface area contributed by atoms with Crippen LogP contribution >= 0.6 is 0 Å². The summed E-state index contributed by atoms with van der Waals surface area (Å²) >= 11 is 0. The maximum atomic E-state index is 13.0. The monoisotopic (exact) mass is 401 g/mol. The van der Waals surface area contributed by atoms with Gasteiger partial charge in [-0.05, 0) is 56.2 Å². The van der Waals surface area contributed by atoms with Crippen molar-refractivity contribution in [3.05, 3.63) is 33.4 Å². The lowest BCUT2D eigenvalue weighted by atomic mass is 9.71. The van der Waals surface area contributed by atoms with Gasteiger partial charge >= 0.3 is 5.63 Å². The molecular weight excluding hydrogens is 374 g/mol. The van der Waals surface area contributed by atoms with Crippen LogP contribution in [0.3, 0.4) is 0 Å². The fourth-order valence-corrected chi connectivity index (χ4v) is 4.87. The van der Waals surface area contributed by atoms with E-state index in [-0.39, 0.29) is 34.6 Å². The fraction of sp³-hybridized carbons (Fsp3) is 0.619. The van der Waals surface area contributed by atoms with Gasteiger partial charge in [-0.2, -0.15) is 0 Å². The van der Waals surface area contributed by atoms with Gasteiger partial charge in [0.2, 0.25) is 11.8 Å². The maximum absolute atomic E-state index is 13.0. The molecule has 1 spiro atoms. The smallest absolute Gasteiger partial charge is 0.349 e. The normalized spacial score (nSPS) is 24.4. The Bertz CT molecular complexity index is 874. The summed E-state index contributed by atoms with van der Waals surface area (Å²) in [5.74, 6) is -0.0219. The van der Waals surface area contributed by atoms with Gasteiger partial charge in [0.1, 0.15) is 11.3 Å². The molecule has 1 unspecified atom stereocenters. The molecule has 8 heteroatoms. The highest BCUT2D eigenvalue weighted by Crippen LogP contribution is 2.40. The molecule has 3 aliphatic rings. The predicted molar refractivity (Wildman–Crippen MR) is 105 cm³/mol. The Labute approximate surface area is 169 Å². The standard InChI is InChI=1S/C21H27N3O5/c1-13-9-15(14-3-2-6-22-12-14)29-20(28)18(13)19(27)24-7-4-21(5-8-24)10-16(25)23-17(26)11-21/h9,14,22H,2-8,10-12H2,1H3,(H,23,25,26). The average molecular weight is 401 g/mol. The van der Waals surface area contributed by atoms with E-state index in [2.05, 4.69) is 10.6 Å². The van der Waals surface area contributed by atoms with Crippen LogP contribution in [0.1, 0.15) is 66.1 Å². The number of amides is 3. The van der Waals surface area contributed by atoms with E-state index >= 15 is 0 Å². The van der Waals surface area contributed by atoms with Crippen LogP contribution in [0, 0.1) is 12.3 Å². The highest BCUT2D eigenvalue weighted by Gasteiger charge is 2.43. The molecule has 0 bridgehead atoms. The molecule has 8 nitrogen and oxygen atoms in total. The lowest BCUT2D eigenvalue weighted by Crippen LogP contribution is -2.51. The first-order valence-corrected chi connectivity index (χ1v) is 10.3. The molecule has 4 heterocycles. The van der Waals surface area contributed by atoms with Gasteiger partial charge in [0, 0.05) is 38.4 Å². The Morgan fingerprint density at radius 3 is 2.45 bits per heavy atom. The molecule has 3 fully saturated rings. The molecule has 3 aliphatic heterocycles. The molecule has 0 aliphatic carbocycles. The molecule has 3 amide bonds. The third-order valence-electron chi connectivity index (χ3n) is 6.54. The first-order chi connectivity index (χ1) is 13.9.